The third-order valence-electron chi connectivity index (χ3n) is 4.90. The van der Waals surface area contributed by atoms with Gasteiger partial charge in [0.2, 0.25) is 0 Å². The van der Waals surface area contributed by atoms with Crippen LogP contribution in [-0.2, 0) is 14.3 Å². The van der Waals surface area contributed by atoms with Crippen LogP contribution in [0.25, 0.3) is 5.76 Å². The summed E-state index contributed by atoms with van der Waals surface area (Å²) in [5.74, 6) is -1.21. The summed E-state index contributed by atoms with van der Waals surface area (Å²) in [4.78, 5) is 31.3. The monoisotopic (exact) mass is 396 g/mol. The molecule has 0 saturated carbocycles. The smallest absolute Gasteiger partial charge is 0.295 e. The predicted octanol–water partition coefficient (Wildman–Crippen LogP) is 2.86. The van der Waals surface area contributed by atoms with Crippen LogP contribution in [0.2, 0.25) is 0 Å². The van der Waals surface area contributed by atoms with E-state index in [1.54, 1.807) is 43.8 Å². The van der Waals surface area contributed by atoms with E-state index in [9.17, 15) is 14.7 Å². The van der Waals surface area contributed by atoms with Gasteiger partial charge in [0.15, 0.2) is 0 Å². The number of likely N-dealkylation sites (tertiary alicyclic amines) is 1. The van der Waals surface area contributed by atoms with Crippen molar-refractivity contribution in [1.29, 1.82) is 0 Å². The van der Waals surface area contributed by atoms with Crippen molar-refractivity contribution in [2.24, 2.45) is 0 Å². The van der Waals surface area contributed by atoms with E-state index in [1.165, 1.54) is 12.0 Å². The Kier molecular flexibility index (Phi) is 6.29. The van der Waals surface area contributed by atoms with Gasteiger partial charge in [-0.25, -0.2) is 0 Å². The minimum atomic E-state index is -0.731. The third-order valence-corrected chi connectivity index (χ3v) is 4.90. The molecule has 29 heavy (non-hydrogen) atoms. The molecule has 1 saturated heterocycles. The summed E-state index contributed by atoms with van der Waals surface area (Å²) in [7, 11) is 3.07. The molecule has 0 spiro atoms. The second kappa shape index (κ2) is 8.87. The van der Waals surface area contributed by atoms with Gasteiger partial charge in [-0.3, -0.25) is 14.6 Å². The number of methoxy groups -OCH3 is 2. The van der Waals surface area contributed by atoms with Crippen LogP contribution in [-0.4, -0.2) is 54.1 Å². The van der Waals surface area contributed by atoms with Gasteiger partial charge >= 0.3 is 0 Å². The number of ether oxygens (including phenoxy) is 2. The minimum absolute atomic E-state index is 0.0318. The first-order valence-corrected chi connectivity index (χ1v) is 9.31. The molecule has 1 atom stereocenters. The zero-order chi connectivity index (χ0) is 21.0. The highest BCUT2D eigenvalue weighted by atomic mass is 16.5. The number of carbonyl (C=O) groups excluding carboxylic acids is 2. The van der Waals surface area contributed by atoms with Crippen LogP contribution in [0.15, 0.2) is 48.3 Å². The molecule has 152 valence electrons. The molecule has 7 heteroatoms. The summed E-state index contributed by atoms with van der Waals surface area (Å²) in [5.41, 5.74) is 1.94. The summed E-state index contributed by atoms with van der Waals surface area (Å²) in [6.07, 6.45) is 3.78. The number of carbonyl (C=O) groups is 2. The Balaban J connectivity index is 2.16. The lowest BCUT2D eigenvalue weighted by atomic mass is 9.95. The number of hydrogen-bond acceptors (Lipinski definition) is 6. The topological polar surface area (TPSA) is 89.0 Å². The fraction of sp³-hybridized carbons (Fsp3) is 0.318. The van der Waals surface area contributed by atoms with Gasteiger partial charge in [-0.05, 0) is 37.1 Å². The van der Waals surface area contributed by atoms with Gasteiger partial charge in [0.25, 0.3) is 11.7 Å². The van der Waals surface area contributed by atoms with Gasteiger partial charge in [0.1, 0.15) is 11.5 Å². The van der Waals surface area contributed by atoms with E-state index in [4.69, 9.17) is 9.47 Å². The number of ketones is 1. The molecule has 1 amide bonds. The normalized spacial score (nSPS) is 18.3. The van der Waals surface area contributed by atoms with Crippen molar-refractivity contribution < 1.29 is 24.2 Å². The van der Waals surface area contributed by atoms with Crippen molar-refractivity contribution in [1.82, 2.24) is 9.88 Å². The standard InChI is InChI=1S/C22H24N2O5/c1-14-7-8-17(29-3)16(12-14)20(25)18-19(15-6-4-9-23-13-15)24(10-5-11-28-2)22(27)21(18)26/h4,6-9,12-13,19,25H,5,10-11H2,1-3H3/b20-18+. The Hall–Kier alpha value is -3.19. The summed E-state index contributed by atoms with van der Waals surface area (Å²) in [6.45, 7) is 2.65. The Labute approximate surface area is 169 Å². The second-order valence-corrected chi connectivity index (χ2v) is 6.83. The molecule has 2 aromatic rings. The predicted molar refractivity (Wildman–Crippen MR) is 107 cm³/mol. The van der Waals surface area contributed by atoms with Gasteiger partial charge < -0.3 is 19.5 Å². The fourth-order valence-corrected chi connectivity index (χ4v) is 3.53. The number of aromatic nitrogens is 1. The number of pyridine rings is 1. The molecule has 3 rings (SSSR count). The van der Waals surface area contributed by atoms with E-state index in [0.717, 1.165) is 5.56 Å². The SMILES string of the molecule is COCCCN1C(=O)C(=O)/C(=C(/O)c2cc(C)ccc2OC)C1c1cccnc1. The first kappa shape index (κ1) is 20.5. The Morgan fingerprint density at radius 2 is 2.03 bits per heavy atom. The maximum absolute atomic E-state index is 12.9. The van der Waals surface area contributed by atoms with Gasteiger partial charge in [0.05, 0.1) is 24.3 Å². The van der Waals surface area contributed by atoms with Gasteiger partial charge in [-0.1, -0.05) is 17.7 Å². The van der Waals surface area contributed by atoms with Gasteiger partial charge in [0, 0.05) is 32.7 Å². The number of aliphatic hydroxyl groups is 1. The third kappa shape index (κ3) is 4.00. The number of aliphatic hydroxyl groups excluding tert-OH is 1. The van der Waals surface area contributed by atoms with Crippen LogP contribution >= 0.6 is 0 Å². The molecule has 0 aliphatic carbocycles. The molecule has 1 aliphatic heterocycles. The first-order chi connectivity index (χ1) is 14.0. The highest BCUT2D eigenvalue weighted by molar-refractivity contribution is 6.46. The van der Waals surface area contributed by atoms with Crippen LogP contribution in [0.5, 0.6) is 5.75 Å². The van der Waals surface area contributed by atoms with E-state index in [1.807, 2.05) is 13.0 Å². The molecule has 1 aliphatic rings. The molecule has 1 N–H and O–H groups in total. The summed E-state index contributed by atoms with van der Waals surface area (Å²) >= 11 is 0. The lowest BCUT2D eigenvalue weighted by Gasteiger charge is -2.25. The average molecular weight is 396 g/mol. The Morgan fingerprint density at radius 3 is 2.69 bits per heavy atom. The zero-order valence-corrected chi connectivity index (χ0v) is 16.7. The van der Waals surface area contributed by atoms with Crippen LogP contribution in [0.1, 0.15) is 29.2 Å². The summed E-state index contributed by atoms with van der Waals surface area (Å²) < 4.78 is 10.4. The molecule has 0 radical (unpaired) electrons. The number of benzene rings is 1. The van der Waals surface area contributed by atoms with Crippen molar-refractivity contribution in [2.75, 3.05) is 27.4 Å². The van der Waals surface area contributed by atoms with Gasteiger partial charge in [-0.2, -0.15) is 0 Å². The van der Waals surface area contributed by atoms with E-state index in [0.29, 0.717) is 36.4 Å². The molecule has 0 bridgehead atoms. The van der Waals surface area contributed by atoms with Crippen molar-refractivity contribution in [3.05, 3.63) is 65.0 Å². The molecule has 1 aromatic carbocycles. The number of aryl methyl sites for hydroxylation is 1. The second-order valence-electron chi connectivity index (χ2n) is 6.83. The zero-order valence-electron chi connectivity index (χ0n) is 16.7. The highest BCUT2D eigenvalue weighted by Crippen LogP contribution is 2.40. The summed E-state index contributed by atoms with van der Waals surface area (Å²) in [5, 5.41) is 11.1. The lowest BCUT2D eigenvalue weighted by molar-refractivity contribution is -0.140. The number of rotatable bonds is 7. The lowest BCUT2D eigenvalue weighted by Crippen LogP contribution is -2.31. The van der Waals surface area contributed by atoms with Crippen molar-refractivity contribution in [2.45, 2.75) is 19.4 Å². The number of nitrogens with zero attached hydrogens (tertiary/aromatic N) is 2. The Morgan fingerprint density at radius 1 is 1.24 bits per heavy atom. The van der Waals surface area contributed by atoms with Crippen LogP contribution in [0.4, 0.5) is 0 Å². The molecule has 7 nitrogen and oxygen atoms in total. The first-order valence-electron chi connectivity index (χ1n) is 9.31. The number of hydrogen-bond donors (Lipinski definition) is 1. The fourth-order valence-electron chi connectivity index (χ4n) is 3.53. The van der Waals surface area contributed by atoms with Crippen LogP contribution in [0.3, 0.4) is 0 Å². The van der Waals surface area contributed by atoms with Crippen LogP contribution < -0.4 is 4.74 Å². The van der Waals surface area contributed by atoms with E-state index in [2.05, 4.69) is 4.98 Å². The maximum atomic E-state index is 12.9. The molecule has 1 unspecified atom stereocenters. The van der Waals surface area contributed by atoms with E-state index in [-0.39, 0.29) is 11.3 Å². The van der Waals surface area contributed by atoms with Crippen molar-refractivity contribution in [3.8, 4) is 5.75 Å². The van der Waals surface area contributed by atoms with E-state index < -0.39 is 17.7 Å². The maximum Gasteiger partial charge on any atom is 0.295 e. The molecular formula is C22H24N2O5. The van der Waals surface area contributed by atoms with Gasteiger partial charge in [-0.15, -0.1) is 0 Å². The van der Waals surface area contributed by atoms with Crippen molar-refractivity contribution in [3.63, 3.8) is 0 Å². The molecular weight excluding hydrogens is 372 g/mol. The number of amides is 1. The minimum Gasteiger partial charge on any atom is -0.507 e. The van der Waals surface area contributed by atoms with E-state index >= 15 is 0 Å². The molecule has 2 heterocycles. The number of Topliss-reactive ketones (excluding diaryl/α,β-unsaturated/α-hetero) is 1. The quantitative estimate of drug-likeness (QED) is 0.335. The Bertz CT molecular complexity index is 939. The summed E-state index contributed by atoms with van der Waals surface area (Å²) in [6, 6.07) is 8.08. The molecule has 1 aromatic heterocycles. The average Bonchev–Trinajstić information content (AvgIpc) is 2.99. The largest absolute Gasteiger partial charge is 0.507 e. The van der Waals surface area contributed by atoms with Crippen LogP contribution in [0, 0.1) is 6.92 Å². The highest BCUT2D eigenvalue weighted by Gasteiger charge is 2.46. The molecule has 1 fully saturated rings. The van der Waals surface area contributed by atoms with Crippen molar-refractivity contribution >= 4 is 17.4 Å².